The highest BCUT2D eigenvalue weighted by atomic mass is 79.9. The molecule has 0 unspecified atom stereocenters. The highest BCUT2D eigenvalue weighted by Gasteiger charge is 2.36. The Morgan fingerprint density at radius 3 is 2.54 bits per heavy atom. The third-order valence-electron chi connectivity index (χ3n) is 4.88. The molecule has 6 nitrogen and oxygen atoms in total. The Hall–Kier alpha value is -2.54. The third kappa shape index (κ3) is 4.14. The summed E-state index contributed by atoms with van der Waals surface area (Å²) in [6, 6.07) is 13.1. The van der Waals surface area contributed by atoms with Crippen molar-refractivity contribution < 1.29 is 19.1 Å². The number of carbonyl (C=O) groups excluding carboxylic acids is 2. The van der Waals surface area contributed by atoms with Gasteiger partial charge in [0, 0.05) is 42.3 Å². The van der Waals surface area contributed by atoms with Gasteiger partial charge in [-0.25, -0.2) is 0 Å². The van der Waals surface area contributed by atoms with Crippen LogP contribution in [0.3, 0.4) is 0 Å². The topological polar surface area (TPSA) is 59.1 Å². The molecule has 0 spiro atoms. The van der Waals surface area contributed by atoms with Crippen molar-refractivity contribution in [3.63, 3.8) is 0 Å². The fraction of sp³-hybridized carbons (Fsp3) is 0.333. The number of amides is 2. The van der Waals surface area contributed by atoms with Gasteiger partial charge in [-0.2, -0.15) is 0 Å². The van der Waals surface area contributed by atoms with Crippen LogP contribution >= 0.6 is 15.9 Å². The van der Waals surface area contributed by atoms with Gasteiger partial charge in [0.25, 0.3) is 0 Å². The highest BCUT2D eigenvalue weighted by molar-refractivity contribution is 9.10. The second kappa shape index (κ2) is 8.65. The van der Waals surface area contributed by atoms with Gasteiger partial charge < -0.3 is 19.3 Å². The molecule has 0 aromatic heterocycles. The standard InChI is InChI=1S/C21H23BrN2O4/c1-23(12-14-5-4-6-18(27-2)20(14)28-3)21(26)15-11-19(25)24(13-15)17-9-7-16(22)8-10-17/h4-10,15H,11-13H2,1-3H3/t15-/m1/s1. The highest BCUT2D eigenvalue weighted by Crippen LogP contribution is 2.32. The quantitative estimate of drug-likeness (QED) is 0.681. The lowest BCUT2D eigenvalue weighted by Crippen LogP contribution is -2.34. The Morgan fingerprint density at radius 1 is 1.18 bits per heavy atom. The molecule has 0 saturated carbocycles. The van der Waals surface area contributed by atoms with Gasteiger partial charge in [0.05, 0.1) is 20.1 Å². The predicted molar refractivity (Wildman–Crippen MR) is 111 cm³/mol. The Morgan fingerprint density at radius 2 is 1.89 bits per heavy atom. The molecule has 2 amide bonds. The van der Waals surface area contributed by atoms with Gasteiger partial charge in [0.15, 0.2) is 11.5 Å². The summed E-state index contributed by atoms with van der Waals surface area (Å²) < 4.78 is 11.7. The van der Waals surface area contributed by atoms with Crippen LogP contribution in [0.5, 0.6) is 11.5 Å². The molecule has 0 bridgehead atoms. The van der Waals surface area contributed by atoms with Crippen molar-refractivity contribution in [3.05, 3.63) is 52.5 Å². The van der Waals surface area contributed by atoms with E-state index in [0.717, 1.165) is 15.7 Å². The molecule has 0 N–H and O–H groups in total. The number of benzene rings is 2. The maximum atomic E-state index is 12.9. The lowest BCUT2D eigenvalue weighted by Gasteiger charge is -2.23. The van der Waals surface area contributed by atoms with E-state index in [4.69, 9.17) is 9.47 Å². The van der Waals surface area contributed by atoms with Crippen molar-refractivity contribution in [1.82, 2.24) is 4.90 Å². The second-order valence-corrected chi connectivity index (χ2v) is 7.64. The van der Waals surface area contributed by atoms with Crippen LogP contribution < -0.4 is 14.4 Å². The Labute approximate surface area is 173 Å². The number of halogens is 1. The zero-order valence-corrected chi connectivity index (χ0v) is 17.7. The molecular weight excluding hydrogens is 424 g/mol. The first-order chi connectivity index (χ1) is 13.4. The van der Waals surface area contributed by atoms with Crippen LogP contribution in [0.2, 0.25) is 0 Å². The van der Waals surface area contributed by atoms with Crippen LogP contribution in [-0.2, 0) is 16.1 Å². The zero-order valence-electron chi connectivity index (χ0n) is 16.1. The van der Waals surface area contributed by atoms with E-state index < -0.39 is 0 Å². The predicted octanol–water partition coefficient (Wildman–Crippen LogP) is 3.48. The number of methoxy groups -OCH3 is 2. The molecule has 2 aromatic rings. The van der Waals surface area contributed by atoms with Gasteiger partial charge in [-0.15, -0.1) is 0 Å². The normalized spacial score (nSPS) is 16.2. The maximum Gasteiger partial charge on any atom is 0.228 e. The average Bonchev–Trinajstić information content (AvgIpc) is 3.09. The van der Waals surface area contributed by atoms with Crippen LogP contribution in [0.1, 0.15) is 12.0 Å². The fourth-order valence-corrected chi connectivity index (χ4v) is 3.73. The molecule has 0 aliphatic carbocycles. The SMILES string of the molecule is COc1cccc(CN(C)C(=O)[C@@H]2CC(=O)N(c3ccc(Br)cc3)C2)c1OC. The first kappa shape index (κ1) is 20.2. The van der Waals surface area contributed by atoms with Crippen molar-refractivity contribution in [3.8, 4) is 11.5 Å². The first-order valence-corrected chi connectivity index (χ1v) is 9.74. The van der Waals surface area contributed by atoms with E-state index in [2.05, 4.69) is 15.9 Å². The molecule has 1 atom stereocenters. The monoisotopic (exact) mass is 446 g/mol. The molecule has 7 heteroatoms. The van der Waals surface area contributed by atoms with Gasteiger partial charge in [-0.3, -0.25) is 9.59 Å². The third-order valence-corrected chi connectivity index (χ3v) is 5.41. The van der Waals surface area contributed by atoms with Crippen LogP contribution in [0, 0.1) is 5.92 Å². The van der Waals surface area contributed by atoms with E-state index in [1.54, 1.807) is 31.1 Å². The lowest BCUT2D eigenvalue weighted by molar-refractivity contribution is -0.135. The zero-order chi connectivity index (χ0) is 20.3. The molecule has 3 rings (SSSR count). The molecule has 1 fully saturated rings. The van der Waals surface area contributed by atoms with E-state index in [0.29, 0.717) is 24.6 Å². The Kier molecular flexibility index (Phi) is 6.24. The summed E-state index contributed by atoms with van der Waals surface area (Å²) in [7, 11) is 4.90. The number of hydrogen-bond donors (Lipinski definition) is 0. The summed E-state index contributed by atoms with van der Waals surface area (Å²) in [6.45, 7) is 0.765. The van der Waals surface area contributed by atoms with Crippen molar-refractivity contribution in [1.29, 1.82) is 0 Å². The van der Waals surface area contributed by atoms with Gasteiger partial charge in [0.2, 0.25) is 11.8 Å². The minimum absolute atomic E-state index is 0.0342. The molecule has 1 saturated heterocycles. The first-order valence-electron chi connectivity index (χ1n) is 8.95. The van der Waals surface area contributed by atoms with Crippen molar-refractivity contribution in [2.24, 2.45) is 5.92 Å². The van der Waals surface area contributed by atoms with Gasteiger partial charge in [0.1, 0.15) is 0 Å². The fourth-order valence-electron chi connectivity index (χ4n) is 3.47. The number of rotatable bonds is 6. The van der Waals surface area contributed by atoms with E-state index in [9.17, 15) is 9.59 Å². The summed E-state index contributed by atoms with van der Waals surface area (Å²) in [5.41, 5.74) is 1.66. The minimum Gasteiger partial charge on any atom is -0.493 e. The van der Waals surface area contributed by atoms with Crippen molar-refractivity contribution in [2.75, 3.05) is 32.7 Å². The minimum atomic E-state index is -0.363. The molecule has 28 heavy (non-hydrogen) atoms. The summed E-state index contributed by atoms with van der Waals surface area (Å²) in [5.74, 6) is 0.783. The van der Waals surface area contributed by atoms with Crippen LogP contribution in [0.4, 0.5) is 5.69 Å². The van der Waals surface area contributed by atoms with Gasteiger partial charge >= 0.3 is 0 Å². The molecule has 148 valence electrons. The number of hydrogen-bond acceptors (Lipinski definition) is 4. The molecule has 1 heterocycles. The molecular formula is C21H23BrN2O4. The van der Waals surface area contributed by atoms with Gasteiger partial charge in [-0.05, 0) is 30.3 Å². The van der Waals surface area contributed by atoms with E-state index >= 15 is 0 Å². The molecule has 2 aromatic carbocycles. The smallest absolute Gasteiger partial charge is 0.228 e. The van der Waals surface area contributed by atoms with Crippen molar-refractivity contribution >= 4 is 33.4 Å². The summed E-state index contributed by atoms with van der Waals surface area (Å²) in [4.78, 5) is 28.7. The van der Waals surface area contributed by atoms with Gasteiger partial charge in [-0.1, -0.05) is 28.1 Å². The Balaban J connectivity index is 1.71. The molecule has 1 aliphatic heterocycles. The number of carbonyl (C=O) groups is 2. The summed E-state index contributed by atoms with van der Waals surface area (Å²) in [5, 5.41) is 0. The van der Waals surface area contributed by atoms with Crippen LogP contribution in [0.15, 0.2) is 46.9 Å². The largest absolute Gasteiger partial charge is 0.493 e. The van der Waals surface area contributed by atoms with Crippen LogP contribution in [0.25, 0.3) is 0 Å². The molecule has 1 aliphatic rings. The second-order valence-electron chi connectivity index (χ2n) is 6.73. The van der Waals surface area contributed by atoms with E-state index in [-0.39, 0.29) is 24.2 Å². The van der Waals surface area contributed by atoms with E-state index in [1.807, 2.05) is 42.5 Å². The lowest BCUT2D eigenvalue weighted by atomic mass is 10.1. The van der Waals surface area contributed by atoms with E-state index in [1.165, 1.54) is 0 Å². The summed E-state index contributed by atoms with van der Waals surface area (Å²) >= 11 is 3.39. The summed E-state index contributed by atoms with van der Waals surface area (Å²) in [6.07, 6.45) is 0.217. The number of para-hydroxylation sites is 1. The average molecular weight is 447 g/mol. The van der Waals surface area contributed by atoms with Crippen molar-refractivity contribution in [2.45, 2.75) is 13.0 Å². The number of ether oxygens (including phenoxy) is 2. The number of anilines is 1. The number of nitrogens with zero attached hydrogens (tertiary/aromatic N) is 2. The molecule has 0 radical (unpaired) electrons. The Bertz CT molecular complexity index is 869. The maximum absolute atomic E-state index is 12.9. The van der Waals surface area contributed by atoms with Crippen LogP contribution in [-0.4, -0.2) is 44.5 Å².